The number of aryl methyl sites for hydroxylation is 2. The number of carbonyl (C=O) groups is 2. The van der Waals surface area contributed by atoms with Gasteiger partial charge in [-0.15, -0.1) is 0 Å². The van der Waals surface area contributed by atoms with E-state index in [4.69, 9.17) is 14.9 Å². The van der Waals surface area contributed by atoms with E-state index in [0.717, 1.165) is 11.1 Å². The summed E-state index contributed by atoms with van der Waals surface area (Å²) >= 11 is 0. The van der Waals surface area contributed by atoms with E-state index in [-0.39, 0.29) is 6.42 Å². The summed E-state index contributed by atoms with van der Waals surface area (Å²) < 4.78 is 10.5. The molecule has 2 rings (SSSR count). The van der Waals surface area contributed by atoms with E-state index < -0.39 is 18.0 Å². The first kappa shape index (κ1) is 15.8. The smallest absolute Gasteiger partial charge is 0.307 e. The van der Waals surface area contributed by atoms with Crippen LogP contribution >= 0.6 is 0 Å². The number of benzene rings is 1. The lowest BCUT2D eigenvalue weighted by Gasteiger charge is -2.08. The molecule has 22 heavy (non-hydrogen) atoms. The van der Waals surface area contributed by atoms with E-state index >= 15 is 0 Å². The number of rotatable bonds is 6. The van der Waals surface area contributed by atoms with Crippen LogP contribution in [0.1, 0.15) is 24.8 Å². The summed E-state index contributed by atoms with van der Waals surface area (Å²) in [7, 11) is 0. The van der Waals surface area contributed by atoms with Crippen molar-refractivity contribution in [2.24, 2.45) is 5.73 Å². The minimum absolute atomic E-state index is 0.0749. The van der Waals surface area contributed by atoms with Crippen molar-refractivity contribution < 1.29 is 18.7 Å². The molecule has 1 aromatic heterocycles. The van der Waals surface area contributed by atoms with Gasteiger partial charge in [0.1, 0.15) is 0 Å². The molecule has 1 amide bonds. The van der Waals surface area contributed by atoms with Crippen molar-refractivity contribution in [3.8, 4) is 11.3 Å². The van der Waals surface area contributed by atoms with E-state index in [0.29, 0.717) is 18.1 Å². The highest BCUT2D eigenvalue weighted by Gasteiger charge is 2.15. The maximum atomic E-state index is 11.5. The van der Waals surface area contributed by atoms with Crippen molar-refractivity contribution in [3.05, 3.63) is 41.9 Å². The second-order valence-electron chi connectivity index (χ2n) is 5.02. The molecule has 0 fully saturated rings. The SMILES string of the molecule is Cc1ccc(-c2cnc(CCC(=O)OC(C)C(N)=O)o2)cc1. The topological polar surface area (TPSA) is 95.4 Å². The molecule has 0 aliphatic rings. The molecule has 0 spiro atoms. The maximum Gasteiger partial charge on any atom is 0.307 e. The summed E-state index contributed by atoms with van der Waals surface area (Å²) in [5, 5.41) is 0. The summed E-state index contributed by atoms with van der Waals surface area (Å²) in [4.78, 5) is 26.5. The van der Waals surface area contributed by atoms with Gasteiger partial charge in [-0.2, -0.15) is 0 Å². The van der Waals surface area contributed by atoms with E-state index in [1.807, 2.05) is 31.2 Å². The van der Waals surface area contributed by atoms with Crippen LogP contribution < -0.4 is 5.73 Å². The Balaban J connectivity index is 1.91. The van der Waals surface area contributed by atoms with Crippen LogP contribution in [0.25, 0.3) is 11.3 Å². The summed E-state index contributed by atoms with van der Waals surface area (Å²) in [5.41, 5.74) is 7.11. The van der Waals surface area contributed by atoms with Crippen molar-refractivity contribution in [1.82, 2.24) is 4.98 Å². The maximum absolute atomic E-state index is 11.5. The predicted octanol–water partition coefficient (Wildman–Crippen LogP) is 2.00. The van der Waals surface area contributed by atoms with Crippen LogP contribution in [0.2, 0.25) is 0 Å². The Bertz CT molecular complexity index is 661. The lowest BCUT2D eigenvalue weighted by Crippen LogP contribution is -2.30. The molecule has 1 aromatic carbocycles. The average molecular weight is 302 g/mol. The number of primary amides is 1. The van der Waals surface area contributed by atoms with Crippen LogP contribution in [0, 0.1) is 6.92 Å². The third kappa shape index (κ3) is 4.18. The van der Waals surface area contributed by atoms with Gasteiger partial charge < -0.3 is 14.9 Å². The van der Waals surface area contributed by atoms with Crippen LogP contribution in [0.15, 0.2) is 34.9 Å². The van der Waals surface area contributed by atoms with Gasteiger partial charge in [-0.25, -0.2) is 4.98 Å². The lowest BCUT2D eigenvalue weighted by molar-refractivity contribution is -0.153. The van der Waals surface area contributed by atoms with Crippen molar-refractivity contribution >= 4 is 11.9 Å². The first-order chi connectivity index (χ1) is 10.5. The number of oxazole rings is 1. The molecule has 0 saturated heterocycles. The summed E-state index contributed by atoms with van der Waals surface area (Å²) in [5.74, 6) is -0.0966. The largest absolute Gasteiger partial charge is 0.453 e. The predicted molar refractivity (Wildman–Crippen MR) is 79.7 cm³/mol. The zero-order chi connectivity index (χ0) is 16.1. The van der Waals surface area contributed by atoms with E-state index in [9.17, 15) is 9.59 Å². The quantitative estimate of drug-likeness (QED) is 0.823. The monoisotopic (exact) mass is 302 g/mol. The van der Waals surface area contributed by atoms with Gasteiger partial charge in [0.25, 0.3) is 5.91 Å². The number of nitrogens with zero attached hydrogens (tertiary/aromatic N) is 1. The number of esters is 1. The fourth-order valence-corrected chi connectivity index (χ4v) is 1.80. The van der Waals surface area contributed by atoms with E-state index in [1.165, 1.54) is 6.92 Å². The number of ether oxygens (including phenoxy) is 1. The molecule has 1 heterocycles. The highest BCUT2D eigenvalue weighted by Crippen LogP contribution is 2.21. The number of carbonyl (C=O) groups excluding carboxylic acids is 2. The molecular weight excluding hydrogens is 284 g/mol. The molecule has 0 aliphatic heterocycles. The van der Waals surface area contributed by atoms with Crippen LogP contribution in [-0.4, -0.2) is 23.0 Å². The highest BCUT2D eigenvalue weighted by molar-refractivity contribution is 5.81. The zero-order valence-corrected chi connectivity index (χ0v) is 12.5. The Hall–Kier alpha value is -2.63. The number of nitrogens with two attached hydrogens (primary N) is 1. The molecule has 0 radical (unpaired) electrons. The third-order valence-corrected chi connectivity index (χ3v) is 3.14. The Morgan fingerprint density at radius 1 is 1.32 bits per heavy atom. The molecule has 2 N–H and O–H groups in total. The highest BCUT2D eigenvalue weighted by atomic mass is 16.5. The summed E-state index contributed by atoms with van der Waals surface area (Å²) in [6.07, 6.45) is 1.07. The van der Waals surface area contributed by atoms with Crippen molar-refractivity contribution in [2.75, 3.05) is 0 Å². The Morgan fingerprint density at radius 3 is 2.64 bits per heavy atom. The molecule has 1 atom stereocenters. The lowest BCUT2D eigenvalue weighted by atomic mass is 10.1. The first-order valence-electron chi connectivity index (χ1n) is 6.96. The molecule has 116 valence electrons. The van der Waals surface area contributed by atoms with Gasteiger partial charge in [-0.3, -0.25) is 9.59 Å². The normalized spacial score (nSPS) is 11.9. The second kappa shape index (κ2) is 6.89. The van der Waals surface area contributed by atoms with Gasteiger partial charge >= 0.3 is 5.97 Å². The number of hydrogen-bond acceptors (Lipinski definition) is 5. The number of hydrogen-bond donors (Lipinski definition) is 1. The van der Waals surface area contributed by atoms with Gasteiger partial charge in [0.05, 0.1) is 12.6 Å². The van der Waals surface area contributed by atoms with Gasteiger partial charge in [0, 0.05) is 12.0 Å². The molecule has 6 nitrogen and oxygen atoms in total. The van der Waals surface area contributed by atoms with Gasteiger partial charge in [0.15, 0.2) is 17.8 Å². The zero-order valence-electron chi connectivity index (χ0n) is 12.5. The molecular formula is C16H18N2O4. The Morgan fingerprint density at radius 2 is 2.00 bits per heavy atom. The molecule has 1 unspecified atom stereocenters. The molecule has 2 aromatic rings. The van der Waals surface area contributed by atoms with Gasteiger partial charge in [-0.1, -0.05) is 29.8 Å². The Kier molecular flexibility index (Phi) is 4.93. The molecule has 0 saturated carbocycles. The van der Waals surface area contributed by atoms with E-state index in [1.54, 1.807) is 6.20 Å². The minimum atomic E-state index is -0.930. The second-order valence-corrected chi connectivity index (χ2v) is 5.02. The number of amides is 1. The van der Waals surface area contributed by atoms with Crippen LogP contribution in [0.3, 0.4) is 0 Å². The molecule has 0 bridgehead atoms. The van der Waals surface area contributed by atoms with Crippen molar-refractivity contribution in [2.45, 2.75) is 32.8 Å². The van der Waals surface area contributed by atoms with Crippen LogP contribution in [-0.2, 0) is 20.7 Å². The van der Waals surface area contributed by atoms with Gasteiger partial charge in [0.2, 0.25) is 0 Å². The average Bonchev–Trinajstić information content (AvgIpc) is 2.94. The fourth-order valence-electron chi connectivity index (χ4n) is 1.80. The molecule has 6 heteroatoms. The molecule has 0 aliphatic carbocycles. The summed E-state index contributed by atoms with van der Waals surface area (Å²) in [6, 6.07) is 7.87. The van der Waals surface area contributed by atoms with Crippen molar-refractivity contribution in [1.29, 1.82) is 0 Å². The number of aromatic nitrogens is 1. The Labute approximate surface area is 128 Å². The fraction of sp³-hybridized carbons (Fsp3) is 0.312. The minimum Gasteiger partial charge on any atom is -0.453 e. The first-order valence-corrected chi connectivity index (χ1v) is 6.96. The third-order valence-electron chi connectivity index (χ3n) is 3.14. The van der Waals surface area contributed by atoms with E-state index in [2.05, 4.69) is 4.98 Å². The van der Waals surface area contributed by atoms with Gasteiger partial charge in [-0.05, 0) is 13.8 Å². The van der Waals surface area contributed by atoms with Crippen molar-refractivity contribution in [3.63, 3.8) is 0 Å². The summed E-state index contributed by atoms with van der Waals surface area (Å²) in [6.45, 7) is 3.44. The van der Waals surface area contributed by atoms with Crippen LogP contribution in [0.5, 0.6) is 0 Å². The standard InChI is InChI=1S/C16H18N2O4/c1-10-3-5-12(6-4-10)13-9-18-14(22-13)7-8-15(19)21-11(2)16(17)20/h3-6,9,11H,7-8H2,1-2H3,(H2,17,20). The van der Waals surface area contributed by atoms with Crippen LogP contribution in [0.4, 0.5) is 0 Å².